The number of nitrogens with zero attached hydrogens (tertiary/aromatic N) is 3. The fraction of sp³-hybridized carbons (Fsp3) is 0.444. The first-order valence-electron chi connectivity index (χ1n) is 8.02. The van der Waals surface area contributed by atoms with Crippen molar-refractivity contribution in [3.8, 4) is 5.75 Å². The molecule has 0 aliphatic carbocycles. The lowest BCUT2D eigenvalue weighted by atomic mass is 10.1. The van der Waals surface area contributed by atoms with Crippen molar-refractivity contribution in [1.82, 2.24) is 4.90 Å². The van der Waals surface area contributed by atoms with E-state index < -0.39 is 0 Å². The first-order valence-corrected chi connectivity index (χ1v) is 8.02. The summed E-state index contributed by atoms with van der Waals surface area (Å²) >= 11 is 0. The van der Waals surface area contributed by atoms with Gasteiger partial charge in [-0.25, -0.2) is 4.99 Å². The molecule has 1 aliphatic heterocycles. The molecule has 1 aromatic carbocycles. The Labute approximate surface area is 143 Å². The number of methoxy groups -OCH3 is 1. The summed E-state index contributed by atoms with van der Waals surface area (Å²) in [6.45, 7) is 6.31. The van der Waals surface area contributed by atoms with Crippen molar-refractivity contribution in [2.24, 2.45) is 4.99 Å². The Morgan fingerprint density at radius 3 is 2.62 bits per heavy atom. The average molecular weight is 331 g/mol. The Morgan fingerprint density at radius 2 is 2.08 bits per heavy atom. The van der Waals surface area contributed by atoms with Crippen molar-refractivity contribution in [3.63, 3.8) is 0 Å². The van der Waals surface area contributed by atoms with Crippen LogP contribution in [0.5, 0.6) is 5.75 Å². The summed E-state index contributed by atoms with van der Waals surface area (Å²) in [6, 6.07) is 6.18. The van der Waals surface area contributed by atoms with Gasteiger partial charge in [0.2, 0.25) is 0 Å². The van der Waals surface area contributed by atoms with E-state index in [1.54, 1.807) is 13.2 Å². The molecule has 1 aromatic rings. The maximum Gasteiger partial charge on any atom is 0.300 e. The van der Waals surface area contributed by atoms with Gasteiger partial charge in [0.05, 0.1) is 12.8 Å². The van der Waals surface area contributed by atoms with Gasteiger partial charge in [0.15, 0.2) is 5.76 Å². The zero-order valence-electron chi connectivity index (χ0n) is 15.2. The van der Waals surface area contributed by atoms with Crippen molar-refractivity contribution >= 4 is 23.7 Å². The highest BCUT2D eigenvalue weighted by molar-refractivity contribution is 6.11. The predicted octanol–water partition coefficient (Wildman–Crippen LogP) is 2.75. The average Bonchev–Trinajstić information content (AvgIpc) is 2.81. The molecule has 1 aliphatic rings. The summed E-state index contributed by atoms with van der Waals surface area (Å²) in [4.78, 5) is 20.4. The van der Waals surface area contributed by atoms with Gasteiger partial charge < -0.3 is 14.4 Å². The molecule has 6 heteroatoms. The number of carbonyl (C=O) groups excluding carboxylic acids is 1. The number of rotatable bonds is 5. The largest absolute Gasteiger partial charge is 0.495 e. The number of anilines is 1. The number of benzene rings is 1. The predicted molar refractivity (Wildman–Crippen MR) is 96.3 cm³/mol. The Kier molecular flexibility index (Phi) is 5.49. The molecule has 0 aromatic heterocycles. The third kappa shape index (κ3) is 3.69. The van der Waals surface area contributed by atoms with Gasteiger partial charge in [-0.3, -0.25) is 9.69 Å². The van der Waals surface area contributed by atoms with E-state index in [0.29, 0.717) is 12.6 Å². The normalized spacial score (nSPS) is 17.8. The fourth-order valence-corrected chi connectivity index (χ4v) is 2.41. The minimum absolute atomic E-state index is 0.0562. The molecule has 2 rings (SSSR count). The number of hydrogen-bond donors (Lipinski definition) is 0. The molecule has 0 bridgehead atoms. The van der Waals surface area contributed by atoms with E-state index >= 15 is 0 Å². The van der Waals surface area contributed by atoms with Crippen LogP contribution < -0.4 is 9.64 Å². The molecule has 1 fully saturated rings. The van der Waals surface area contributed by atoms with Crippen LogP contribution in [0.25, 0.3) is 6.08 Å². The number of carbonyl (C=O) groups is 1. The number of aliphatic imine (C=N–C) groups is 1. The van der Waals surface area contributed by atoms with E-state index in [0.717, 1.165) is 17.0 Å². The summed E-state index contributed by atoms with van der Waals surface area (Å²) in [5.41, 5.74) is 1.80. The smallest absolute Gasteiger partial charge is 0.300 e. The molecular weight excluding hydrogens is 306 g/mol. The third-order valence-corrected chi connectivity index (χ3v) is 3.56. The number of likely N-dealkylation sites (N-methyl/N-ethyl adjacent to an activating group) is 1. The highest BCUT2D eigenvalue weighted by Crippen LogP contribution is 2.29. The van der Waals surface area contributed by atoms with Crippen LogP contribution in [0.3, 0.4) is 0 Å². The molecule has 0 atom stereocenters. The van der Waals surface area contributed by atoms with Gasteiger partial charge in [-0.15, -0.1) is 0 Å². The van der Waals surface area contributed by atoms with Crippen molar-refractivity contribution in [2.45, 2.75) is 26.8 Å². The first-order chi connectivity index (χ1) is 11.4. The summed E-state index contributed by atoms with van der Waals surface area (Å²) in [6.07, 6.45) is 1.72. The number of ether oxygens (including phenoxy) is 2. The molecule has 0 spiro atoms. The van der Waals surface area contributed by atoms with E-state index in [1.165, 1.54) is 4.90 Å². The van der Waals surface area contributed by atoms with E-state index in [4.69, 9.17) is 9.47 Å². The SMILES string of the molecule is CCN1C(=O)/C(=C\c2ccc(N(C)C)c(OC)c2)O/C1=N/C(C)C. The van der Waals surface area contributed by atoms with Gasteiger partial charge in [-0.05, 0) is 44.5 Å². The standard InChI is InChI=1S/C18H25N3O3/c1-7-21-17(22)16(24-18(21)19-12(2)3)11-13-8-9-14(20(4)5)15(10-13)23-6/h8-12H,7H2,1-6H3/b16-11+,19-18+. The van der Waals surface area contributed by atoms with E-state index in [-0.39, 0.29) is 17.7 Å². The van der Waals surface area contributed by atoms with Crippen molar-refractivity contribution in [2.75, 3.05) is 32.6 Å². The highest BCUT2D eigenvalue weighted by atomic mass is 16.5. The molecule has 0 radical (unpaired) electrons. The number of hydrogen-bond acceptors (Lipinski definition) is 5. The van der Waals surface area contributed by atoms with Crippen LogP contribution in [0.4, 0.5) is 5.69 Å². The number of amides is 1. The maximum absolute atomic E-state index is 12.5. The Bertz CT molecular complexity index is 678. The molecule has 0 saturated carbocycles. The van der Waals surface area contributed by atoms with Crippen LogP contribution in [0, 0.1) is 0 Å². The lowest BCUT2D eigenvalue weighted by Crippen LogP contribution is -2.30. The van der Waals surface area contributed by atoms with Crippen molar-refractivity contribution in [3.05, 3.63) is 29.5 Å². The summed E-state index contributed by atoms with van der Waals surface area (Å²) < 4.78 is 11.1. The minimum atomic E-state index is -0.174. The molecular formula is C18H25N3O3. The topological polar surface area (TPSA) is 54.4 Å². The molecule has 1 saturated heterocycles. The molecule has 24 heavy (non-hydrogen) atoms. The lowest BCUT2D eigenvalue weighted by molar-refractivity contribution is -0.122. The quantitative estimate of drug-likeness (QED) is 0.779. The molecule has 130 valence electrons. The minimum Gasteiger partial charge on any atom is -0.495 e. The third-order valence-electron chi connectivity index (χ3n) is 3.56. The van der Waals surface area contributed by atoms with Crippen LogP contribution in [0.2, 0.25) is 0 Å². The zero-order valence-corrected chi connectivity index (χ0v) is 15.2. The van der Waals surface area contributed by atoms with Gasteiger partial charge in [0, 0.05) is 26.7 Å². The van der Waals surface area contributed by atoms with E-state index in [9.17, 15) is 4.79 Å². The van der Waals surface area contributed by atoms with Crippen LogP contribution in [-0.4, -0.2) is 50.6 Å². The molecule has 1 heterocycles. The Balaban J connectivity index is 2.36. The van der Waals surface area contributed by atoms with Gasteiger partial charge in [0.25, 0.3) is 5.91 Å². The van der Waals surface area contributed by atoms with Gasteiger partial charge in [-0.2, -0.15) is 0 Å². The van der Waals surface area contributed by atoms with Crippen LogP contribution >= 0.6 is 0 Å². The second kappa shape index (κ2) is 7.38. The van der Waals surface area contributed by atoms with Gasteiger partial charge in [0.1, 0.15) is 5.75 Å². The second-order valence-electron chi connectivity index (χ2n) is 5.99. The van der Waals surface area contributed by atoms with E-state index in [1.807, 2.05) is 58.0 Å². The van der Waals surface area contributed by atoms with Crippen LogP contribution in [0.1, 0.15) is 26.3 Å². The number of amidine groups is 1. The molecule has 1 amide bonds. The monoisotopic (exact) mass is 331 g/mol. The summed E-state index contributed by atoms with van der Waals surface area (Å²) in [5, 5.41) is 0. The molecule has 0 unspecified atom stereocenters. The second-order valence-corrected chi connectivity index (χ2v) is 5.99. The van der Waals surface area contributed by atoms with Crippen molar-refractivity contribution in [1.29, 1.82) is 0 Å². The van der Waals surface area contributed by atoms with Crippen LogP contribution in [-0.2, 0) is 9.53 Å². The van der Waals surface area contributed by atoms with E-state index in [2.05, 4.69) is 4.99 Å². The lowest BCUT2D eigenvalue weighted by Gasteiger charge is -2.16. The maximum atomic E-state index is 12.5. The highest BCUT2D eigenvalue weighted by Gasteiger charge is 2.33. The Morgan fingerprint density at radius 1 is 1.38 bits per heavy atom. The molecule has 6 nitrogen and oxygen atoms in total. The van der Waals surface area contributed by atoms with Crippen LogP contribution in [0.15, 0.2) is 29.0 Å². The summed E-state index contributed by atoms with van der Waals surface area (Å²) in [7, 11) is 5.53. The fourth-order valence-electron chi connectivity index (χ4n) is 2.41. The summed E-state index contributed by atoms with van der Waals surface area (Å²) in [5.74, 6) is 0.840. The Hall–Kier alpha value is -2.50. The first kappa shape index (κ1) is 17.8. The molecule has 0 N–H and O–H groups in total. The van der Waals surface area contributed by atoms with Gasteiger partial charge in [-0.1, -0.05) is 6.07 Å². The van der Waals surface area contributed by atoms with Gasteiger partial charge >= 0.3 is 6.02 Å². The zero-order chi connectivity index (χ0) is 17.9. The van der Waals surface area contributed by atoms with Crippen molar-refractivity contribution < 1.29 is 14.3 Å².